The lowest BCUT2D eigenvalue weighted by atomic mass is 10.1. The molecule has 1 aliphatic heterocycles. The fourth-order valence-electron chi connectivity index (χ4n) is 2.59. The first-order valence-electron chi connectivity index (χ1n) is 7.10. The lowest BCUT2D eigenvalue weighted by Crippen LogP contribution is -2.39. The summed E-state index contributed by atoms with van der Waals surface area (Å²) in [4.78, 5) is 18.9. The molecule has 0 bridgehead atoms. The number of hydrogen-bond donors (Lipinski definition) is 0. The van der Waals surface area contributed by atoms with E-state index in [9.17, 15) is 4.79 Å². The predicted octanol–water partition coefficient (Wildman–Crippen LogP) is 3.78. The monoisotopic (exact) mass is 318 g/mol. The topological polar surface area (TPSA) is 33.2 Å². The summed E-state index contributed by atoms with van der Waals surface area (Å²) in [5.41, 5.74) is 1.77. The number of carbonyl (C=O) groups excluding carboxylic acids is 1. The summed E-state index contributed by atoms with van der Waals surface area (Å²) in [5, 5.41) is 2.91. The quantitative estimate of drug-likeness (QED) is 0.863. The van der Waals surface area contributed by atoms with Gasteiger partial charge in [-0.2, -0.15) is 11.8 Å². The third-order valence-corrected chi connectivity index (χ3v) is 5.72. The van der Waals surface area contributed by atoms with E-state index in [4.69, 9.17) is 0 Å². The number of thioether (sulfide) groups is 1. The number of thiazole rings is 1. The molecule has 1 amide bonds. The van der Waals surface area contributed by atoms with Crippen LogP contribution in [0, 0.1) is 0 Å². The largest absolute Gasteiger partial charge is 0.339 e. The highest BCUT2D eigenvalue weighted by Gasteiger charge is 2.23. The zero-order valence-electron chi connectivity index (χ0n) is 12.0. The van der Waals surface area contributed by atoms with Gasteiger partial charge in [-0.05, 0) is 36.5 Å². The van der Waals surface area contributed by atoms with Crippen LogP contribution in [0.15, 0.2) is 35.8 Å². The van der Waals surface area contributed by atoms with Crippen molar-refractivity contribution < 1.29 is 4.79 Å². The Bertz CT molecular complexity index is 606. The lowest BCUT2D eigenvalue weighted by Gasteiger charge is -2.31. The van der Waals surface area contributed by atoms with Gasteiger partial charge in [-0.15, -0.1) is 11.3 Å². The fraction of sp³-hybridized carbons (Fsp3) is 0.375. The molecule has 21 heavy (non-hydrogen) atoms. The molecule has 0 spiro atoms. The molecule has 3 nitrogen and oxygen atoms in total. The van der Waals surface area contributed by atoms with Crippen LogP contribution in [0.5, 0.6) is 0 Å². The van der Waals surface area contributed by atoms with Crippen LogP contribution in [0.1, 0.15) is 23.2 Å². The highest BCUT2D eigenvalue weighted by atomic mass is 32.2. The lowest BCUT2D eigenvalue weighted by molar-refractivity contribution is 0.0723. The van der Waals surface area contributed by atoms with Crippen molar-refractivity contribution in [3.63, 3.8) is 0 Å². The standard InChI is InChI=1S/C16H18N2OS2/c1-18(14-5-8-20-9-6-14)16(19)13-4-2-3-12(11-13)15-17-7-10-21-15/h2-4,7,10-11,14H,5-6,8-9H2,1H3. The summed E-state index contributed by atoms with van der Waals surface area (Å²) in [7, 11) is 1.93. The number of nitrogens with zero attached hydrogens (tertiary/aromatic N) is 2. The molecule has 1 fully saturated rings. The van der Waals surface area contributed by atoms with Crippen LogP contribution >= 0.6 is 23.1 Å². The maximum absolute atomic E-state index is 12.7. The molecule has 1 saturated heterocycles. The number of carbonyl (C=O) groups is 1. The average Bonchev–Trinajstić information content (AvgIpc) is 3.09. The predicted molar refractivity (Wildman–Crippen MR) is 90.0 cm³/mol. The third kappa shape index (κ3) is 3.30. The van der Waals surface area contributed by atoms with Gasteiger partial charge in [-0.25, -0.2) is 4.98 Å². The molecule has 0 aliphatic carbocycles. The smallest absolute Gasteiger partial charge is 0.253 e. The SMILES string of the molecule is CN(C(=O)c1cccc(-c2nccs2)c1)C1CCSCC1. The zero-order chi connectivity index (χ0) is 14.7. The molecule has 1 aromatic heterocycles. The maximum Gasteiger partial charge on any atom is 0.253 e. The fourth-order valence-corrected chi connectivity index (χ4v) is 4.31. The second-order valence-corrected chi connectivity index (χ2v) is 7.30. The Morgan fingerprint density at radius 3 is 2.86 bits per heavy atom. The van der Waals surface area contributed by atoms with E-state index < -0.39 is 0 Å². The minimum atomic E-state index is 0.116. The van der Waals surface area contributed by atoms with Crippen molar-refractivity contribution in [2.24, 2.45) is 0 Å². The number of rotatable bonds is 3. The second kappa shape index (κ2) is 6.62. The zero-order valence-corrected chi connectivity index (χ0v) is 13.6. The van der Waals surface area contributed by atoms with Crippen LogP contribution in [-0.4, -0.2) is 40.4 Å². The highest BCUT2D eigenvalue weighted by molar-refractivity contribution is 7.99. The van der Waals surface area contributed by atoms with Crippen molar-refractivity contribution in [1.82, 2.24) is 9.88 Å². The number of benzene rings is 1. The molecule has 1 aromatic carbocycles. The number of aromatic nitrogens is 1. The van der Waals surface area contributed by atoms with E-state index in [0.29, 0.717) is 6.04 Å². The van der Waals surface area contributed by atoms with Gasteiger partial charge in [-0.3, -0.25) is 4.79 Å². The number of hydrogen-bond acceptors (Lipinski definition) is 4. The Hall–Kier alpha value is -1.33. The van der Waals surface area contributed by atoms with Gasteiger partial charge < -0.3 is 4.90 Å². The van der Waals surface area contributed by atoms with E-state index >= 15 is 0 Å². The molecule has 1 aliphatic rings. The van der Waals surface area contributed by atoms with Gasteiger partial charge in [0.05, 0.1) is 0 Å². The van der Waals surface area contributed by atoms with Gasteiger partial charge in [-0.1, -0.05) is 12.1 Å². The Labute approximate surface area is 133 Å². The molecule has 0 unspecified atom stereocenters. The van der Waals surface area contributed by atoms with E-state index in [1.54, 1.807) is 17.5 Å². The second-order valence-electron chi connectivity index (χ2n) is 5.18. The van der Waals surface area contributed by atoms with Crippen LogP contribution in [-0.2, 0) is 0 Å². The highest BCUT2D eigenvalue weighted by Crippen LogP contribution is 2.25. The minimum absolute atomic E-state index is 0.116. The first-order chi connectivity index (χ1) is 10.3. The Kier molecular flexibility index (Phi) is 4.60. The minimum Gasteiger partial charge on any atom is -0.339 e. The summed E-state index contributed by atoms with van der Waals surface area (Å²) in [6, 6.07) is 8.17. The molecule has 0 N–H and O–H groups in total. The first kappa shape index (κ1) is 14.6. The molecule has 3 rings (SSSR count). The van der Waals surface area contributed by atoms with Crippen molar-refractivity contribution in [2.75, 3.05) is 18.6 Å². The van der Waals surface area contributed by atoms with Crippen molar-refractivity contribution in [3.05, 3.63) is 41.4 Å². The van der Waals surface area contributed by atoms with Gasteiger partial charge in [0, 0.05) is 35.8 Å². The van der Waals surface area contributed by atoms with Crippen LogP contribution < -0.4 is 0 Å². The summed E-state index contributed by atoms with van der Waals surface area (Å²) >= 11 is 3.57. The Balaban J connectivity index is 1.79. The average molecular weight is 318 g/mol. The van der Waals surface area contributed by atoms with Gasteiger partial charge in [0.2, 0.25) is 0 Å². The van der Waals surface area contributed by atoms with Crippen LogP contribution in [0.2, 0.25) is 0 Å². The van der Waals surface area contributed by atoms with Gasteiger partial charge in [0.1, 0.15) is 5.01 Å². The molecule has 0 atom stereocenters. The maximum atomic E-state index is 12.7. The molecule has 0 saturated carbocycles. The van der Waals surface area contributed by atoms with Crippen molar-refractivity contribution >= 4 is 29.0 Å². The van der Waals surface area contributed by atoms with Crippen molar-refractivity contribution in [1.29, 1.82) is 0 Å². The van der Waals surface area contributed by atoms with E-state index in [1.807, 2.05) is 53.4 Å². The van der Waals surface area contributed by atoms with Crippen molar-refractivity contribution in [3.8, 4) is 10.6 Å². The third-order valence-electron chi connectivity index (χ3n) is 3.85. The Morgan fingerprint density at radius 2 is 2.14 bits per heavy atom. The van der Waals surface area contributed by atoms with Gasteiger partial charge in [0.25, 0.3) is 5.91 Å². The molecule has 5 heteroatoms. The summed E-state index contributed by atoms with van der Waals surface area (Å²) < 4.78 is 0. The Morgan fingerprint density at radius 1 is 1.33 bits per heavy atom. The summed E-state index contributed by atoms with van der Waals surface area (Å²) in [6.45, 7) is 0. The van der Waals surface area contributed by atoms with Crippen LogP contribution in [0.3, 0.4) is 0 Å². The summed E-state index contributed by atoms with van der Waals surface area (Å²) in [5.74, 6) is 2.42. The molecular weight excluding hydrogens is 300 g/mol. The van der Waals surface area contributed by atoms with Crippen molar-refractivity contribution in [2.45, 2.75) is 18.9 Å². The summed E-state index contributed by atoms with van der Waals surface area (Å²) in [6.07, 6.45) is 3.98. The number of amides is 1. The van der Waals surface area contributed by atoms with Gasteiger partial charge >= 0.3 is 0 Å². The van der Waals surface area contributed by atoms with E-state index in [0.717, 1.165) is 40.5 Å². The van der Waals surface area contributed by atoms with Gasteiger partial charge in [0.15, 0.2) is 0 Å². The van der Waals surface area contributed by atoms with Crippen LogP contribution in [0.4, 0.5) is 0 Å². The van der Waals surface area contributed by atoms with E-state index in [-0.39, 0.29) is 5.91 Å². The van der Waals surface area contributed by atoms with E-state index in [1.165, 1.54) is 0 Å². The molecular formula is C16H18N2OS2. The van der Waals surface area contributed by atoms with E-state index in [2.05, 4.69) is 4.98 Å². The molecule has 2 aromatic rings. The molecule has 2 heterocycles. The first-order valence-corrected chi connectivity index (χ1v) is 9.14. The van der Waals surface area contributed by atoms with Crippen LogP contribution in [0.25, 0.3) is 10.6 Å². The molecule has 0 radical (unpaired) electrons. The normalized spacial score (nSPS) is 15.9. The molecule has 110 valence electrons.